The van der Waals surface area contributed by atoms with Crippen LogP contribution in [-0.2, 0) is 0 Å². The SMILES string of the molecule is Brc1ccc(N=Cc2cccc(-c3ccccc3)c2)cc1. The first-order valence-electron chi connectivity index (χ1n) is 6.76. The molecule has 0 saturated heterocycles. The minimum atomic E-state index is 0.948. The third-order valence-electron chi connectivity index (χ3n) is 3.18. The summed E-state index contributed by atoms with van der Waals surface area (Å²) < 4.78 is 1.06. The highest BCUT2D eigenvalue weighted by molar-refractivity contribution is 9.10. The van der Waals surface area contributed by atoms with E-state index < -0.39 is 0 Å². The lowest BCUT2D eigenvalue weighted by Gasteiger charge is -2.02. The van der Waals surface area contributed by atoms with Crippen molar-refractivity contribution in [3.8, 4) is 11.1 Å². The van der Waals surface area contributed by atoms with Crippen molar-refractivity contribution >= 4 is 27.8 Å². The van der Waals surface area contributed by atoms with Crippen LogP contribution in [0.15, 0.2) is 88.3 Å². The Morgan fingerprint density at radius 1 is 0.714 bits per heavy atom. The zero-order valence-electron chi connectivity index (χ0n) is 11.4. The molecule has 0 saturated carbocycles. The van der Waals surface area contributed by atoms with Crippen molar-refractivity contribution in [3.63, 3.8) is 0 Å². The van der Waals surface area contributed by atoms with Crippen molar-refractivity contribution in [3.05, 3.63) is 88.9 Å². The Bertz CT molecular complexity index is 746. The molecule has 0 spiro atoms. The van der Waals surface area contributed by atoms with Crippen LogP contribution < -0.4 is 0 Å². The van der Waals surface area contributed by atoms with E-state index >= 15 is 0 Å². The number of halogens is 1. The minimum absolute atomic E-state index is 0.948. The molecule has 0 bridgehead atoms. The Labute approximate surface area is 133 Å². The first kappa shape index (κ1) is 13.8. The van der Waals surface area contributed by atoms with Crippen LogP contribution in [-0.4, -0.2) is 6.21 Å². The standard InChI is InChI=1S/C19H14BrN/c20-18-9-11-19(12-10-18)21-14-15-5-4-8-17(13-15)16-6-2-1-3-7-16/h1-14H. The summed E-state index contributed by atoms with van der Waals surface area (Å²) in [5, 5.41) is 0. The summed E-state index contributed by atoms with van der Waals surface area (Å²) >= 11 is 3.42. The second-order valence-electron chi connectivity index (χ2n) is 4.73. The summed E-state index contributed by atoms with van der Waals surface area (Å²) in [5.41, 5.74) is 4.47. The van der Waals surface area contributed by atoms with Crippen molar-refractivity contribution in [1.29, 1.82) is 0 Å². The van der Waals surface area contributed by atoms with E-state index in [0.29, 0.717) is 0 Å². The fraction of sp³-hybridized carbons (Fsp3) is 0. The second-order valence-corrected chi connectivity index (χ2v) is 5.64. The van der Waals surface area contributed by atoms with Crippen molar-refractivity contribution < 1.29 is 0 Å². The Morgan fingerprint density at radius 2 is 1.43 bits per heavy atom. The van der Waals surface area contributed by atoms with Gasteiger partial charge in [0.1, 0.15) is 0 Å². The summed E-state index contributed by atoms with van der Waals surface area (Å²) in [6.07, 6.45) is 1.90. The summed E-state index contributed by atoms with van der Waals surface area (Å²) in [6.45, 7) is 0. The van der Waals surface area contributed by atoms with Gasteiger partial charge in [-0.15, -0.1) is 0 Å². The Morgan fingerprint density at radius 3 is 2.19 bits per heavy atom. The van der Waals surface area contributed by atoms with E-state index in [-0.39, 0.29) is 0 Å². The number of nitrogens with zero attached hydrogens (tertiary/aromatic N) is 1. The van der Waals surface area contributed by atoms with Gasteiger partial charge in [0.25, 0.3) is 0 Å². The molecule has 21 heavy (non-hydrogen) atoms. The summed E-state index contributed by atoms with van der Waals surface area (Å²) in [4.78, 5) is 4.51. The topological polar surface area (TPSA) is 12.4 Å². The fourth-order valence-corrected chi connectivity index (χ4v) is 2.37. The molecule has 0 aliphatic heterocycles. The zero-order valence-corrected chi connectivity index (χ0v) is 13.0. The molecule has 0 aliphatic rings. The molecule has 3 aromatic rings. The van der Waals surface area contributed by atoms with Crippen LogP contribution in [0, 0.1) is 0 Å². The Kier molecular flexibility index (Phi) is 4.27. The maximum Gasteiger partial charge on any atom is 0.0630 e. The second kappa shape index (κ2) is 6.51. The summed E-state index contributed by atoms with van der Waals surface area (Å²) in [7, 11) is 0. The van der Waals surface area contributed by atoms with Crippen LogP contribution in [0.1, 0.15) is 5.56 Å². The lowest BCUT2D eigenvalue weighted by Crippen LogP contribution is -1.83. The van der Waals surface area contributed by atoms with E-state index in [2.05, 4.69) is 69.5 Å². The molecule has 0 aliphatic carbocycles. The molecule has 0 heterocycles. The molecule has 0 aromatic heterocycles. The third-order valence-corrected chi connectivity index (χ3v) is 3.71. The maximum absolute atomic E-state index is 4.51. The smallest absolute Gasteiger partial charge is 0.0630 e. The van der Waals surface area contributed by atoms with Gasteiger partial charge in [0, 0.05) is 10.7 Å². The van der Waals surface area contributed by atoms with E-state index in [4.69, 9.17) is 0 Å². The van der Waals surface area contributed by atoms with Gasteiger partial charge in [-0.25, -0.2) is 0 Å². The van der Waals surface area contributed by atoms with Gasteiger partial charge in [-0.3, -0.25) is 4.99 Å². The molecule has 3 rings (SSSR count). The zero-order chi connectivity index (χ0) is 14.5. The minimum Gasteiger partial charge on any atom is -0.256 e. The molecule has 0 radical (unpaired) electrons. The highest BCUT2D eigenvalue weighted by Gasteiger charge is 1.97. The molecule has 2 heteroatoms. The quantitative estimate of drug-likeness (QED) is 0.531. The van der Waals surface area contributed by atoms with E-state index in [1.54, 1.807) is 0 Å². The number of hydrogen-bond donors (Lipinski definition) is 0. The molecule has 0 fully saturated rings. The molecular weight excluding hydrogens is 322 g/mol. The normalized spacial score (nSPS) is 10.9. The van der Waals surface area contributed by atoms with Gasteiger partial charge >= 0.3 is 0 Å². The van der Waals surface area contributed by atoms with Crippen molar-refractivity contribution in [2.45, 2.75) is 0 Å². The highest BCUT2D eigenvalue weighted by atomic mass is 79.9. The van der Waals surface area contributed by atoms with Crippen molar-refractivity contribution in [2.24, 2.45) is 4.99 Å². The van der Waals surface area contributed by atoms with Crippen molar-refractivity contribution in [1.82, 2.24) is 0 Å². The molecule has 0 amide bonds. The predicted molar refractivity (Wildman–Crippen MR) is 93.3 cm³/mol. The van der Waals surface area contributed by atoms with E-state index in [1.807, 2.05) is 36.5 Å². The lowest BCUT2D eigenvalue weighted by atomic mass is 10.0. The van der Waals surface area contributed by atoms with E-state index in [1.165, 1.54) is 11.1 Å². The number of hydrogen-bond acceptors (Lipinski definition) is 1. The molecule has 0 unspecified atom stereocenters. The number of rotatable bonds is 3. The van der Waals surface area contributed by atoms with Crippen LogP contribution in [0.25, 0.3) is 11.1 Å². The molecule has 0 atom stereocenters. The summed E-state index contributed by atoms with van der Waals surface area (Å²) in [6, 6.07) is 26.7. The molecular formula is C19H14BrN. The van der Waals surface area contributed by atoms with Gasteiger partial charge in [-0.2, -0.15) is 0 Å². The first-order chi connectivity index (χ1) is 10.3. The van der Waals surface area contributed by atoms with Crippen LogP contribution in [0.5, 0.6) is 0 Å². The Hall–Kier alpha value is -2.19. The van der Waals surface area contributed by atoms with Crippen LogP contribution in [0.4, 0.5) is 5.69 Å². The largest absolute Gasteiger partial charge is 0.256 e. The number of aliphatic imine (C=N–C) groups is 1. The van der Waals surface area contributed by atoms with E-state index in [0.717, 1.165) is 15.7 Å². The molecule has 1 nitrogen and oxygen atoms in total. The fourth-order valence-electron chi connectivity index (χ4n) is 2.11. The van der Waals surface area contributed by atoms with Crippen molar-refractivity contribution in [2.75, 3.05) is 0 Å². The van der Waals surface area contributed by atoms with Crippen LogP contribution >= 0.6 is 15.9 Å². The first-order valence-corrected chi connectivity index (χ1v) is 7.56. The van der Waals surface area contributed by atoms with Crippen LogP contribution in [0.3, 0.4) is 0 Å². The van der Waals surface area contributed by atoms with Gasteiger partial charge in [0.2, 0.25) is 0 Å². The average molecular weight is 336 g/mol. The van der Waals surface area contributed by atoms with Gasteiger partial charge in [0.05, 0.1) is 5.69 Å². The summed E-state index contributed by atoms with van der Waals surface area (Å²) in [5.74, 6) is 0. The van der Waals surface area contributed by atoms with Crippen LogP contribution in [0.2, 0.25) is 0 Å². The highest BCUT2D eigenvalue weighted by Crippen LogP contribution is 2.20. The molecule has 3 aromatic carbocycles. The lowest BCUT2D eigenvalue weighted by molar-refractivity contribution is 1.51. The van der Waals surface area contributed by atoms with E-state index in [9.17, 15) is 0 Å². The predicted octanol–water partition coefficient (Wildman–Crippen LogP) is 5.87. The Balaban J connectivity index is 1.85. The third kappa shape index (κ3) is 3.67. The molecule has 0 N–H and O–H groups in total. The van der Waals surface area contributed by atoms with Gasteiger partial charge in [-0.1, -0.05) is 64.5 Å². The van der Waals surface area contributed by atoms with Gasteiger partial charge < -0.3 is 0 Å². The van der Waals surface area contributed by atoms with Gasteiger partial charge in [0.15, 0.2) is 0 Å². The van der Waals surface area contributed by atoms with Gasteiger partial charge in [-0.05, 0) is 47.0 Å². The average Bonchev–Trinajstić information content (AvgIpc) is 2.55. The maximum atomic E-state index is 4.51. The number of benzene rings is 3. The monoisotopic (exact) mass is 335 g/mol. The molecule has 102 valence electrons.